The van der Waals surface area contributed by atoms with Crippen LogP contribution in [-0.2, 0) is 4.79 Å². The molecule has 1 fully saturated rings. The molecule has 21 heavy (non-hydrogen) atoms. The van der Waals surface area contributed by atoms with E-state index in [4.69, 9.17) is 5.73 Å². The normalized spacial score (nSPS) is 16.1. The van der Waals surface area contributed by atoms with Gasteiger partial charge in [-0.05, 0) is 18.9 Å². The van der Waals surface area contributed by atoms with Gasteiger partial charge in [-0.1, -0.05) is 18.2 Å². The second-order valence-corrected chi connectivity index (χ2v) is 5.34. The predicted octanol–water partition coefficient (Wildman–Crippen LogP) is 1.90. The van der Waals surface area contributed by atoms with Crippen molar-refractivity contribution in [2.45, 2.75) is 12.8 Å². The van der Waals surface area contributed by atoms with E-state index in [0.717, 1.165) is 16.6 Å². The van der Waals surface area contributed by atoms with E-state index in [1.165, 1.54) is 0 Å². The number of anilines is 1. The van der Waals surface area contributed by atoms with E-state index in [0.29, 0.717) is 25.9 Å². The molecule has 110 valence electrons. The molecule has 2 heterocycles. The van der Waals surface area contributed by atoms with Crippen LogP contribution in [0.15, 0.2) is 30.5 Å². The van der Waals surface area contributed by atoms with Crippen molar-refractivity contribution < 1.29 is 9.59 Å². The van der Waals surface area contributed by atoms with E-state index in [1.54, 1.807) is 11.1 Å². The Kier molecular flexibility index (Phi) is 3.51. The number of nitrogens with one attached hydrogen (secondary N) is 2. The molecule has 1 aliphatic heterocycles. The smallest absolute Gasteiger partial charge is 0.321 e. The molecule has 1 aromatic carbocycles. The molecule has 0 radical (unpaired) electrons. The number of amides is 3. The number of urea groups is 1. The highest BCUT2D eigenvalue weighted by atomic mass is 16.2. The van der Waals surface area contributed by atoms with E-state index in [9.17, 15) is 9.59 Å². The molecular weight excluding hydrogens is 268 g/mol. The Balaban J connectivity index is 1.66. The van der Waals surface area contributed by atoms with Crippen LogP contribution in [0.1, 0.15) is 12.8 Å². The molecule has 0 unspecified atom stereocenters. The van der Waals surface area contributed by atoms with Crippen molar-refractivity contribution in [2.24, 2.45) is 11.7 Å². The van der Waals surface area contributed by atoms with Gasteiger partial charge in [-0.25, -0.2) is 4.79 Å². The predicted molar refractivity (Wildman–Crippen MR) is 80.8 cm³/mol. The molecule has 0 spiro atoms. The number of benzene rings is 1. The Morgan fingerprint density at radius 3 is 2.67 bits per heavy atom. The van der Waals surface area contributed by atoms with Crippen LogP contribution in [0.4, 0.5) is 10.5 Å². The minimum absolute atomic E-state index is 0.109. The van der Waals surface area contributed by atoms with Crippen LogP contribution in [0.2, 0.25) is 0 Å². The number of likely N-dealkylation sites (tertiary alicyclic amines) is 1. The SMILES string of the molecule is NC(=O)C1CCN(C(=O)Nc2c[nH]c3ccccc23)CC1. The molecule has 6 heteroatoms. The third kappa shape index (κ3) is 2.69. The number of primary amides is 1. The van der Waals surface area contributed by atoms with Crippen molar-refractivity contribution in [3.63, 3.8) is 0 Å². The molecule has 1 aliphatic rings. The molecule has 0 atom stereocenters. The molecular formula is C15H18N4O2. The van der Waals surface area contributed by atoms with Crippen LogP contribution in [0, 0.1) is 5.92 Å². The quantitative estimate of drug-likeness (QED) is 0.786. The first-order valence-corrected chi connectivity index (χ1v) is 7.06. The van der Waals surface area contributed by atoms with Crippen molar-refractivity contribution in [3.05, 3.63) is 30.5 Å². The maximum absolute atomic E-state index is 12.3. The zero-order valence-corrected chi connectivity index (χ0v) is 11.6. The summed E-state index contributed by atoms with van der Waals surface area (Å²) in [6.07, 6.45) is 3.06. The molecule has 6 nitrogen and oxygen atoms in total. The summed E-state index contributed by atoms with van der Waals surface area (Å²) in [4.78, 5) is 28.3. The number of aromatic nitrogens is 1. The van der Waals surface area contributed by atoms with Crippen LogP contribution < -0.4 is 11.1 Å². The lowest BCUT2D eigenvalue weighted by atomic mass is 9.96. The van der Waals surface area contributed by atoms with Crippen LogP contribution in [0.25, 0.3) is 10.9 Å². The number of nitrogens with two attached hydrogens (primary N) is 1. The molecule has 0 saturated carbocycles. The maximum Gasteiger partial charge on any atom is 0.321 e. The van der Waals surface area contributed by atoms with Crippen LogP contribution >= 0.6 is 0 Å². The summed E-state index contributed by atoms with van der Waals surface area (Å²) >= 11 is 0. The zero-order valence-electron chi connectivity index (χ0n) is 11.6. The van der Waals surface area contributed by atoms with Crippen molar-refractivity contribution in [2.75, 3.05) is 18.4 Å². The molecule has 2 aromatic rings. The van der Waals surface area contributed by atoms with E-state index >= 15 is 0 Å². The van der Waals surface area contributed by atoms with E-state index in [1.807, 2.05) is 24.3 Å². The van der Waals surface area contributed by atoms with Gasteiger partial charge >= 0.3 is 6.03 Å². The van der Waals surface area contributed by atoms with Gasteiger partial charge in [0.1, 0.15) is 0 Å². The van der Waals surface area contributed by atoms with Gasteiger partial charge in [0, 0.05) is 36.1 Å². The summed E-state index contributed by atoms with van der Waals surface area (Å²) in [7, 11) is 0. The minimum atomic E-state index is -0.272. The fraction of sp³-hybridized carbons (Fsp3) is 0.333. The molecule has 0 bridgehead atoms. The summed E-state index contributed by atoms with van der Waals surface area (Å²) in [5.74, 6) is -0.381. The average Bonchev–Trinajstić information content (AvgIpc) is 2.91. The number of fused-ring (bicyclic) bond motifs is 1. The van der Waals surface area contributed by atoms with E-state index in [2.05, 4.69) is 10.3 Å². The lowest BCUT2D eigenvalue weighted by Crippen LogP contribution is -2.43. The molecule has 1 aromatic heterocycles. The first-order chi connectivity index (χ1) is 10.1. The van der Waals surface area contributed by atoms with Gasteiger partial charge in [-0.2, -0.15) is 0 Å². The van der Waals surface area contributed by atoms with Gasteiger partial charge in [0.2, 0.25) is 5.91 Å². The topological polar surface area (TPSA) is 91.2 Å². The van der Waals surface area contributed by atoms with Crippen LogP contribution in [0.5, 0.6) is 0 Å². The van der Waals surface area contributed by atoms with Crippen molar-refractivity contribution in [3.8, 4) is 0 Å². The summed E-state index contributed by atoms with van der Waals surface area (Å²) < 4.78 is 0. The van der Waals surface area contributed by atoms with Crippen molar-refractivity contribution in [1.82, 2.24) is 9.88 Å². The number of nitrogens with zero attached hydrogens (tertiary/aromatic N) is 1. The molecule has 3 rings (SSSR count). The van der Waals surface area contributed by atoms with Crippen LogP contribution in [0.3, 0.4) is 0 Å². The Morgan fingerprint density at radius 2 is 1.95 bits per heavy atom. The Hall–Kier alpha value is -2.50. The molecule has 3 amide bonds. The third-order valence-corrected chi connectivity index (χ3v) is 4.02. The largest absolute Gasteiger partial charge is 0.369 e. The monoisotopic (exact) mass is 286 g/mol. The number of rotatable bonds is 2. The number of piperidine rings is 1. The van der Waals surface area contributed by atoms with E-state index in [-0.39, 0.29) is 17.9 Å². The third-order valence-electron chi connectivity index (χ3n) is 4.02. The second-order valence-electron chi connectivity index (χ2n) is 5.34. The highest BCUT2D eigenvalue weighted by molar-refractivity contribution is 6.01. The average molecular weight is 286 g/mol. The first-order valence-electron chi connectivity index (χ1n) is 7.06. The lowest BCUT2D eigenvalue weighted by molar-refractivity contribution is -0.122. The highest BCUT2D eigenvalue weighted by Crippen LogP contribution is 2.23. The lowest BCUT2D eigenvalue weighted by Gasteiger charge is -2.30. The summed E-state index contributed by atoms with van der Waals surface area (Å²) in [6, 6.07) is 7.66. The van der Waals surface area contributed by atoms with Gasteiger partial charge in [0.15, 0.2) is 0 Å². The highest BCUT2D eigenvalue weighted by Gasteiger charge is 2.26. The zero-order chi connectivity index (χ0) is 14.8. The summed E-state index contributed by atoms with van der Waals surface area (Å²) in [6.45, 7) is 1.11. The van der Waals surface area contributed by atoms with Gasteiger partial charge in [-0.15, -0.1) is 0 Å². The van der Waals surface area contributed by atoms with Gasteiger partial charge in [-0.3, -0.25) is 4.79 Å². The molecule has 0 aliphatic carbocycles. The number of hydrogen-bond donors (Lipinski definition) is 3. The fourth-order valence-electron chi connectivity index (χ4n) is 2.74. The number of hydrogen-bond acceptors (Lipinski definition) is 2. The number of carbonyl (C=O) groups excluding carboxylic acids is 2. The van der Waals surface area contributed by atoms with Gasteiger partial charge < -0.3 is 20.9 Å². The van der Waals surface area contributed by atoms with Crippen molar-refractivity contribution >= 4 is 28.5 Å². The number of H-pyrrole nitrogens is 1. The van der Waals surface area contributed by atoms with Crippen molar-refractivity contribution in [1.29, 1.82) is 0 Å². The van der Waals surface area contributed by atoms with Gasteiger partial charge in [0.25, 0.3) is 0 Å². The van der Waals surface area contributed by atoms with Crippen LogP contribution in [-0.4, -0.2) is 34.9 Å². The maximum atomic E-state index is 12.3. The van der Waals surface area contributed by atoms with Gasteiger partial charge in [0.05, 0.1) is 5.69 Å². The molecule has 1 saturated heterocycles. The van der Waals surface area contributed by atoms with E-state index < -0.39 is 0 Å². The minimum Gasteiger partial charge on any atom is -0.369 e. The summed E-state index contributed by atoms with van der Waals surface area (Å²) in [5, 5.41) is 3.90. The molecule has 4 N–H and O–H groups in total. The second kappa shape index (κ2) is 5.47. The number of carbonyl (C=O) groups is 2. The summed E-state index contributed by atoms with van der Waals surface area (Å²) in [5.41, 5.74) is 7.06. The Bertz CT molecular complexity index is 671. The fourth-order valence-corrected chi connectivity index (χ4v) is 2.74. The standard InChI is InChI=1S/C15H18N4O2/c16-14(20)10-5-7-19(8-6-10)15(21)18-13-9-17-12-4-2-1-3-11(12)13/h1-4,9-10,17H,5-8H2,(H2,16,20)(H,18,21). The number of aromatic amines is 1. The Morgan fingerprint density at radius 1 is 1.24 bits per heavy atom. The first kappa shape index (κ1) is 13.5. The number of para-hydroxylation sites is 1. The Labute approximate surface area is 122 Å².